The van der Waals surface area contributed by atoms with Crippen LogP contribution in [0.25, 0.3) is 10.9 Å². The van der Waals surface area contributed by atoms with Gasteiger partial charge in [0.1, 0.15) is 16.7 Å². The molecule has 0 N–H and O–H groups in total. The van der Waals surface area contributed by atoms with Gasteiger partial charge in [-0.15, -0.1) is 0 Å². The van der Waals surface area contributed by atoms with Gasteiger partial charge in [-0.2, -0.15) is 4.98 Å². The lowest BCUT2D eigenvalue weighted by Crippen LogP contribution is -1.99. The van der Waals surface area contributed by atoms with Crippen LogP contribution < -0.4 is 4.74 Å². The Balaban J connectivity index is 1.94. The molecule has 0 aliphatic carbocycles. The van der Waals surface area contributed by atoms with Gasteiger partial charge < -0.3 is 4.74 Å². The van der Waals surface area contributed by atoms with Crippen LogP contribution in [0.4, 0.5) is 0 Å². The Labute approximate surface area is 127 Å². The van der Waals surface area contributed by atoms with Gasteiger partial charge in [0, 0.05) is 17.4 Å². The first-order valence-corrected chi connectivity index (χ1v) is 7.07. The number of rotatable bonds is 3. The minimum absolute atomic E-state index is 0.181. The van der Waals surface area contributed by atoms with Crippen LogP contribution >= 0.6 is 11.6 Å². The lowest BCUT2D eigenvalue weighted by Gasteiger charge is -2.09. The summed E-state index contributed by atoms with van der Waals surface area (Å²) >= 11 is 6.01. The molecule has 2 aromatic heterocycles. The lowest BCUT2D eigenvalue weighted by molar-refractivity contribution is 0.456. The van der Waals surface area contributed by atoms with Crippen LogP contribution in [0, 0.1) is 0 Å². The van der Waals surface area contributed by atoms with E-state index in [0.29, 0.717) is 22.6 Å². The van der Waals surface area contributed by atoms with Gasteiger partial charge in [0.05, 0.1) is 11.7 Å². The van der Waals surface area contributed by atoms with Gasteiger partial charge in [-0.3, -0.25) is 4.98 Å². The molecule has 5 heteroatoms. The molecule has 0 spiro atoms. The highest BCUT2D eigenvalue weighted by molar-refractivity contribution is 6.29. The molecule has 0 atom stereocenters. The van der Waals surface area contributed by atoms with Crippen LogP contribution in [0.3, 0.4) is 0 Å². The normalized spacial score (nSPS) is 11.0. The molecule has 0 bridgehead atoms. The van der Waals surface area contributed by atoms with Crippen molar-refractivity contribution >= 4 is 22.5 Å². The van der Waals surface area contributed by atoms with Gasteiger partial charge in [-0.05, 0) is 12.1 Å². The Hall–Kier alpha value is -2.20. The van der Waals surface area contributed by atoms with E-state index in [9.17, 15) is 0 Å². The summed E-state index contributed by atoms with van der Waals surface area (Å²) < 4.78 is 5.76. The molecule has 0 fully saturated rings. The summed E-state index contributed by atoms with van der Waals surface area (Å²) in [5.41, 5.74) is 0.924. The first kappa shape index (κ1) is 13.8. The summed E-state index contributed by atoms with van der Waals surface area (Å²) in [5, 5.41) is 1.39. The maximum atomic E-state index is 6.01. The highest BCUT2D eigenvalue weighted by atomic mass is 35.5. The molecule has 0 radical (unpaired) electrons. The van der Waals surface area contributed by atoms with Crippen molar-refractivity contribution in [1.29, 1.82) is 0 Å². The fourth-order valence-electron chi connectivity index (χ4n) is 1.95. The molecule has 0 aliphatic heterocycles. The second-order valence-corrected chi connectivity index (χ2v) is 5.39. The molecule has 2 heterocycles. The van der Waals surface area contributed by atoms with Crippen molar-refractivity contribution in [1.82, 2.24) is 15.0 Å². The van der Waals surface area contributed by atoms with Crippen LogP contribution in [-0.4, -0.2) is 15.0 Å². The van der Waals surface area contributed by atoms with E-state index in [1.54, 1.807) is 12.3 Å². The molecule has 0 unspecified atom stereocenters. The number of hydrogen-bond donors (Lipinski definition) is 0. The Morgan fingerprint density at radius 2 is 1.90 bits per heavy atom. The summed E-state index contributed by atoms with van der Waals surface area (Å²) in [6, 6.07) is 11.4. The van der Waals surface area contributed by atoms with Crippen LogP contribution in [-0.2, 0) is 0 Å². The van der Waals surface area contributed by atoms with Crippen LogP contribution in [0.1, 0.15) is 25.6 Å². The quantitative estimate of drug-likeness (QED) is 0.663. The third-order valence-corrected chi connectivity index (χ3v) is 3.19. The fraction of sp³-hybridized carbons (Fsp3) is 0.188. The minimum atomic E-state index is 0.181. The fourth-order valence-corrected chi connectivity index (χ4v) is 2.13. The van der Waals surface area contributed by atoms with Gasteiger partial charge in [0.2, 0.25) is 5.88 Å². The molecule has 3 aromatic rings. The van der Waals surface area contributed by atoms with Crippen molar-refractivity contribution in [2.24, 2.45) is 0 Å². The van der Waals surface area contributed by atoms with Gasteiger partial charge in [0.25, 0.3) is 0 Å². The van der Waals surface area contributed by atoms with E-state index in [4.69, 9.17) is 16.3 Å². The number of hydrogen-bond acceptors (Lipinski definition) is 4. The van der Waals surface area contributed by atoms with Crippen LogP contribution in [0.15, 0.2) is 42.6 Å². The van der Waals surface area contributed by atoms with Crippen molar-refractivity contribution in [2.45, 2.75) is 19.8 Å². The number of nitrogens with zero attached hydrogens (tertiary/aromatic N) is 3. The van der Waals surface area contributed by atoms with Crippen molar-refractivity contribution < 1.29 is 4.74 Å². The van der Waals surface area contributed by atoms with Gasteiger partial charge >= 0.3 is 0 Å². The number of fused-ring (bicyclic) bond motifs is 1. The summed E-state index contributed by atoms with van der Waals surface area (Å²) in [5.74, 6) is 1.89. The van der Waals surface area contributed by atoms with Crippen molar-refractivity contribution in [2.75, 3.05) is 0 Å². The molecule has 0 amide bonds. The number of benzene rings is 1. The average Bonchev–Trinajstić information content (AvgIpc) is 2.46. The lowest BCUT2D eigenvalue weighted by atomic mass is 10.2. The van der Waals surface area contributed by atoms with Gasteiger partial charge in [-0.25, -0.2) is 4.98 Å². The number of pyridine rings is 1. The van der Waals surface area contributed by atoms with Gasteiger partial charge in [-0.1, -0.05) is 43.6 Å². The van der Waals surface area contributed by atoms with Crippen molar-refractivity contribution in [3.8, 4) is 11.6 Å². The Kier molecular flexibility index (Phi) is 3.71. The highest BCUT2D eigenvalue weighted by Crippen LogP contribution is 2.25. The van der Waals surface area contributed by atoms with E-state index in [-0.39, 0.29) is 5.92 Å². The first-order chi connectivity index (χ1) is 10.1. The molecular weight excluding hydrogens is 286 g/mol. The Bertz CT molecular complexity index is 789. The number of halogens is 1. The monoisotopic (exact) mass is 299 g/mol. The standard InChI is InChI=1S/C16H14ClN3O/c1-10(2)16-19-14(17)8-15(20-16)21-12-7-11-5-3-4-6-13(11)18-9-12/h3-10H,1-2H3. The van der Waals surface area contributed by atoms with E-state index >= 15 is 0 Å². The third kappa shape index (κ3) is 3.11. The zero-order valence-corrected chi connectivity index (χ0v) is 12.5. The topological polar surface area (TPSA) is 47.9 Å². The molecule has 1 aromatic carbocycles. The van der Waals surface area contributed by atoms with E-state index in [0.717, 1.165) is 10.9 Å². The zero-order chi connectivity index (χ0) is 14.8. The molecule has 4 nitrogen and oxygen atoms in total. The van der Waals surface area contributed by atoms with E-state index in [1.165, 1.54) is 0 Å². The second kappa shape index (κ2) is 5.66. The average molecular weight is 300 g/mol. The molecule has 0 aliphatic rings. The number of para-hydroxylation sites is 1. The molecule has 0 saturated carbocycles. The second-order valence-electron chi connectivity index (χ2n) is 5.01. The van der Waals surface area contributed by atoms with E-state index in [2.05, 4.69) is 15.0 Å². The number of ether oxygens (including phenoxy) is 1. The zero-order valence-electron chi connectivity index (χ0n) is 11.7. The minimum Gasteiger partial charge on any atom is -0.437 e. The number of aromatic nitrogens is 3. The molecule has 21 heavy (non-hydrogen) atoms. The Morgan fingerprint density at radius 1 is 1.10 bits per heavy atom. The summed E-state index contributed by atoms with van der Waals surface area (Å²) in [6.45, 7) is 4.01. The Morgan fingerprint density at radius 3 is 2.71 bits per heavy atom. The van der Waals surface area contributed by atoms with Crippen LogP contribution in [0.2, 0.25) is 5.15 Å². The molecular formula is C16H14ClN3O. The molecule has 3 rings (SSSR count). The summed E-state index contributed by atoms with van der Waals surface area (Å²) in [4.78, 5) is 12.9. The third-order valence-electron chi connectivity index (χ3n) is 2.99. The highest BCUT2D eigenvalue weighted by Gasteiger charge is 2.09. The first-order valence-electron chi connectivity index (χ1n) is 6.69. The summed E-state index contributed by atoms with van der Waals surface area (Å²) in [7, 11) is 0. The molecule has 0 saturated heterocycles. The van der Waals surface area contributed by atoms with E-state index in [1.807, 2.05) is 44.2 Å². The maximum Gasteiger partial charge on any atom is 0.224 e. The smallest absolute Gasteiger partial charge is 0.224 e. The maximum absolute atomic E-state index is 6.01. The largest absolute Gasteiger partial charge is 0.437 e. The van der Waals surface area contributed by atoms with Crippen molar-refractivity contribution in [3.63, 3.8) is 0 Å². The SMILES string of the molecule is CC(C)c1nc(Cl)cc(Oc2cnc3ccccc3c2)n1. The van der Waals surface area contributed by atoms with E-state index < -0.39 is 0 Å². The molecule has 106 valence electrons. The predicted octanol–water partition coefficient (Wildman–Crippen LogP) is 4.59. The predicted molar refractivity (Wildman–Crippen MR) is 82.9 cm³/mol. The van der Waals surface area contributed by atoms with Gasteiger partial charge in [0.15, 0.2) is 0 Å². The summed E-state index contributed by atoms with van der Waals surface area (Å²) in [6.07, 6.45) is 1.67. The van der Waals surface area contributed by atoms with Crippen molar-refractivity contribution in [3.05, 3.63) is 53.6 Å². The van der Waals surface area contributed by atoms with Crippen LogP contribution in [0.5, 0.6) is 11.6 Å².